The van der Waals surface area contributed by atoms with Gasteiger partial charge in [0.2, 0.25) is 0 Å². The number of carbonyl (C=O) groups excluding carboxylic acids is 5. The number of nitrogens with zero attached hydrogens (tertiary/aromatic N) is 3. The van der Waals surface area contributed by atoms with Crippen molar-refractivity contribution in [2.45, 2.75) is 36.9 Å². The van der Waals surface area contributed by atoms with E-state index in [2.05, 4.69) is 16.7 Å². The second-order valence-corrected chi connectivity index (χ2v) is 11.1. The molecule has 1 heterocycles. The van der Waals surface area contributed by atoms with Crippen LogP contribution in [0, 0.1) is 39.9 Å². The molecule has 21 heteroatoms. The summed E-state index contributed by atoms with van der Waals surface area (Å²) in [4.78, 5) is 64.9. The van der Waals surface area contributed by atoms with Crippen molar-refractivity contribution in [2.75, 3.05) is 65.5 Å². The minimum Gasteiger partial charge on any atom is -0.549 e. The zero-order chi connectivity index (χ0) is 38.0. The van der Waals surface area contributed by atoms with Gasteiger partial charge in [0.15, 0.2) is 6.54 Å². The summed E-state index contributed by atoms with van der Waals surface area (Å²) in [6.07, 6.45) is -4.25. The van der Waals surface area contributed by atoms with Crippen LogP contribution in [0.5, 0.6) is 0 Å². The number of H-pyrrole nitrogens is 1. The minimum atomic E-state index is -1.58. The number of carboxylic acids is 5. The summed E-state index contributed by atoms with van der Waals surface area (Å²) in [5.41, 5.74) is 1.38. The van der Waals surface area contributed by atoms with Gasteiger partial charge in [-0.25, -0.2) is 0 Å². The van der Waals surface area contributed by atoms with Crippen molar-refractivity contribution in [3.8, 4) is 0 Å². The van der Waals surface area contributed by atoms with E-state index in [-0.39, 0.29) is 80.5 Å². The Morgan fingerprint density at radius 2 is 1.22 bits per heavy atom. The summed E-state index contributed by atoms with van der Waals surface area (Å²) < 4.78 is 0. The van der Waals surface area contributed by atoms with Crippen LogP contribution in [0.25, 0.3) is 10.9 Å². The summed E-state index contributed by atoms with van der Waals surface area (Å²) in [6.45, 7) is -1.37. The van der Waals surface area contributed by atoms with E-state index in [1.165, 1.54) is 4.90 Å². The van der Waals surface area contributed by atoms with Crippen molar-refractivity contribution >= 4 is 47.5 Å². The van der Waals surface area contributed by atoms with Crippen LogP contribution >= 0.6 is 0 Å². The van der Waals surface area contributed by atoms with Crippen LogP contribution in [-0.4, -0.2) is 178 Å². The largest absolute Gasteiger partial charge is 3.00 e. The van der Waals surface area contributed by atoms with Gasteiger partial charge < -0.3 is 80.0 Å². The molecule has 0 aliphatic heterocycles. The third-order valence-corrected chi connectivity index (χ3v) is 7.30. The fourth-order valence-corrected chi connectivity index (χ4v) is 4.82. The topological polar surface area (TPSA) is 341 Å². The molecule has 0 amide bonds. The molecule has 287 valence electrons. The Morgan fingerprint density at radius 3 is 1.63 bits per heavy atom. The van der Waals surface area contributed by atoms with Crippen LogP contribution in [0.4, 0.5) is 0 Å². The first-order valence-electron chi connectivity index (χ1n) is 15.1. The molecule has 2 rings (SSSR count). The number of carboxylic acid groups (broad SMARTS) is 5. The number of para-hydroxylation sites is 1. The Balaban J connectivity index is 0. The average molecular weight is 871 g/mol. The fraction of sp³-hybridized carbons (Fsp3) is 0.533. The van der Waals surface area contributed by atoms with Gasteiger partial charge >= 0.3 is 39.9 Å². The molecule has 0 aliphatic rings. The first-order valence-corrected chi connectivity index (χ1v) is 15.1. The third kappa shape index (κ3) is 18.2. The van der Waals surface area contributed by atoms with E-state index in [0.29, 0.717) is 5.56 Å². The minimum absolute atomic E-state index is 0. The monoisotopic (exact) mass is 871 g/mol. The van der Waals surface area contributed by atoms with Gasteiger partial charge in [0.25, 0.3) is 0 Å². The molecule has 7 N–H and O–H groups in total. The molecule has 5 atom stereocenters. The van der Waals surface area contributed by atoms with Crippen molar-refractivity contribution in [1.29, 1.82) is 0 Å². The number of hydrogen-bond acceptors (Lipinski definition) is 18. The molecule has 0 saturated carbocycles. The van der Waals surface area contributed by atoms with Gasteiger partial charge in [0.05, 0.1) is 42.5 Å². The number of benzene rings is 1. The molecule has 0 bridgehead atoms. The Hall–Kier alpha value is -3.22. The quantitative estimate of drug-likeness (QED) is 0.0482. The predicted molar refractivity (Wildman–Crippen MR) is 161 cm³/mol. The number of aliphatic hydroxyl groups is 5. The molecule has 51 heavy (non-hydrogen) atoms. The van der Waals surface area contributed by atoms with Crippen molar-refractivity contribution in [3.63, 3.8) is 0 Å². The smallest absolute Gasteiger partial charge is 0.549 e. The second kappa shape index (κ2) is 24.9. The van der Waals surface area contributed by atoms with Gasteiger partial charge in [-0.2, -0.15) is 0 Å². The molecule has 0 saturated heterocycles. The van der Waals surface area contributed by atoms with Crippen LogP contribution in [-0.2, 0) is 30.4 Å². The second-order valence-electron chi connectivity index (χ2n) is 11.1. The molecule has 4 unspecified atom stereocenters. The number of aromatic amines is 1. The molecule has 2 aromatic rings. The van der Waals surface area contributed by atoms with Crippen molar-refractivity contribution in [3.05, 3.63) is 36.0 Å². The summed E-state index contributed by atoms with van der Waals surface area (Å²) in [7, 11) is 0. The first-order chi connectivity index (χ1) is 23.5. The average Bonchev–Trinajstić information content (AvgIpc) is 3.44. The molecule has 0 fully saturated rings. The molecule has 0 spiro atoms. The number of aliphatic hydroxyl groups excluding tert-OH is 5. The maximum Gasteiger partial charge on any atom is 3.00 e. The van der Waals surface area contributed by atoms with E-state index < -0.39 is 93.1 Å². The van der Waals surface area contributed by atoms with E-state index >= 15 is 0 Å². The maximum atomic E-state index is 12.2. The molecule has 1 radical (unpaired) electrons. The summed E-state index contributed by atoms with van der Waals surface area (Å²) >= 11 is 0. The van der Waals surface area contributed by atoms with Crippen LogP contribution < -0.4 is 30.5 Å². The molecule has 0 aliphatic carbocycles. The molecule has 1 aromatic carbocycles. The summed E-state index contributed by atoms with van der Waals surface area (Å²) in [6, 6.07) is 5.80. The van der Waals surface area contributed by atoms with Gasteiger partial charge in [-0.15, -0.1) is 0 Å². The van der Waals surface area contributed by atoms with Crippen molar-refractivity contribution in [1.82, 2.24) is 19.7 Å². The van der Waals surface area contributed by atoms with Gasteiger partial charge in [0, 0.05) is 70.9 Å². The normalized spacial score (nSPS) is 14.1. The Kier molecular flexibility index (Phi) is 23.3. The zero-order valence-electron chi connectivity index (χ0n) is 27.3. The van der Waals surface area contributed by atoms with Crippen LogP contribution in [0.2, 0.25) is 0 Å². The number of hydrogen-bond donors (Lipinski definition) is 7. The number of fused-ring (bicyclic) bond motifs is 1. The number of aliphatic carboxylic acids is 5. The van der Waals surface area contributed by atoms with Crippen LogP contribution in [0.1, 0.15) is 6.99 Å². The summed E-state index contributed by atoms with van der Waals surface area (Å²) in [5, 5.41) is 102. The number of aromatic nitrogens is 1. The van der Waals surface area contributed by atoms with E-state index in [1.54, 1.807) is 30.5 Å². The van der Waals surface area contributed by atoms with E-state index in [1.807, 2.05) is 0 Å². The van der Waals surface area contributed by atoms with E-state index in [0.717, 1.165) is 20.7 Å². The van der Waals surface area contributed by atoms with Gasteiger partial charge in [-0.1, -0.05) is 18.2 Å². The number of rotatable bonds is 24. The third-order valence-electron chi connectivity index (χ3n) is 7.30. The first kappa shape index (κ1) is 47.8. The van der Waals surface area contributed by atoms with Crippen LogP contribution in [0.15, 0.2) is 30.5 Å². The number of nitrogens with one attached hydrogen (secondary N) is 2. The fourth-order valence-electron chi connectivity index (χ4n) is 4.82. The standard InChI is InChI=1S/C23H30N4O10.C7H15NO5.Gd.H2/c28-19(29)11-25(12-20(30)31)5-7-27(8-6-26(13-21(32)33)14-22(34)35)18(23(36)37)9-15-10-24-17-4-2-1-3-16(15)17;1-8-2-4(10)6(12)7(13)5(11)3-9;;/h1-4,10,18,24H,5-9,11-14H2,(H,28,29)(H,30,31)(H,32,33)(H,34,35)(H,36,37);4-7,9-13H,1-3H2;;1H/q;;+3;/p-4/t18-;;;/m0.../s1. The predicted octanol–water partition coefficient (Wildman–Crippen LogP) is -11.8. The Morgan fingerprint density at radius 1 is 0.765 bits per heavy atom. The maximum absolute atomic E-state index is 12.2. The molecular weight excluding hydrogens is 828 g/mol. The van der Waals surface area contributed by atoms with Gasteiger partial charge in [0.1, 0.15) is 31.1 Å². The van der Waals surface area contributed by atoms with Gasteiger partial charge in [-0.05, 0) is 18.1 Å². The van der Waals surface area contributed by atoms with Gasteiger partial charge in [-0.3, -0.25) is 19.7 Å². The molecule has 20 nitrogen and oxygen atoms in total. The molecular formula is C30H43GdN5O15-. The Bertz CT molecular complexity index is 1350. The summed E-state index contributed by atoms with van der Waals surface area (Å²) in [5.74, 6) is -7.73. The zero-order valence-corrected chi connectivity index (χ0v) is 29.5. The van der Waals surface area contributed by atoms with Crippen molar-refractivity contribution in [2.24, 2.45) is 0 Å². The van der Waals surface area contributed by atoms with E-state index in [4.69, 9.17) is 20.4 Å². The van der Waals surface area contributed by atoms with E-state index in [9.17, 15) is 54.6 Å². The SMILES string of the molecule is C=[NH+]CC(O)C(O)C(O)C(O)CO.O=C([O-])CN(CCN(CCN(CC(=O)[O-])CC(=O)[O-])[C@@H](Cc1c[nH]c2ccccc12)C(=O)[O-])CC(=O)[O-].[Gd+3].[HH]. The molecule has 1 aromatic heterocycles. The number of carbonyl (C=O) groups is 5. The van der Waals surface area contributed by atoms with Crippen molar-refractivity contribution < 1.29 is 121 Å². The van der Waals surface area contributed by atoms with Crippen LogP contribution in [0.3, 0.4) is 0 Å². The Labute approximate surface area is 325 Å².